The quantitative estimate of drug-likeness (QED) is 0.761. The number of rotatable bonds is 2. The van der Waals surface area contributed by atoms with Gasteiger partial charge in [-0.3, -0.25) is 4.79 Å². The van der Waals surface area contributed by atoms with Crippen molar-refractivity contribution in [3.63, 3.8) is 0 Å². The van der Waals surface area contributed by atoms with E-state index in [4.69, 9.17) is 0 Å². The molecule has 4 heteroatoms. The SMILES string of the molecule is O=c1cc(-c2ccccc2)[nH]c2c(C3CC3)cnn12. The summed E-state index contributed by atoms with van der Waals surface area (Å²) in [6, 6.07) is 11.5. The Hall–Kier alpha value is -2.36. The number of aromatic amines is 1. The lowest BCUT2D eigenvalue weighted by Gasteiger charge is -2.03. The number of H-pyrrole nitrogens is 1. The highest BCUT2D eigenvalue weighted by Crippen LogP contribution is 2.41. The largest absolute Gasteiger partial charge is 0.339 e. The first-order chi connectivity index (χ1) is 9.33. The average molecular weight is 251 g/mol. The van der Waals surface area contributed by atoms with E-state index in [1.165, 1.54) is 17.4 Å². The van der Waals surface area contributed by atoms with Crippen molar-refractivity contribution in [3.05, 3.63) is 58.5 Å². The van der Waals surface area contributed by atoms with Gasteiger partial charge in [-0.1, -0.05) is 30.3 Å². The zero-order valence-corrected chi connectivity index (χ0v) is 10.3. The standard InChI is InChI=1S/C15H13N3O/c19-14-8-13(11-4-2-1-3-5-11)17-15-12(10-6-7-10)9-16-18(14)15/h1-5,8-10,17H,6-7H2. The summed E-state index contributed by atoms with van der Waals surface area (Å²) in [4.78, 5) is 15.5. The molecular weight excluding hydrogens is 238 g/mol. The first kappa shape index (κ1) is 10.6. The van der Waals surface area contributed by atoms with Gasteiger partial charge in [0.1, 0.15) is 5.65 Å². The fourth-order valence-electron chi connectivity index (χ4n) is 2.47. The Kier molecular flexibility index (Phi) is 2.12. The Bertz CT molecular complexity index is 797. The highest BCUT2D eigenvalue weighted by atomic mass is 16.1. The van der Waals surface area contributed by atoms with E-state index >= 15 is 0 Å². The van der Waals surface area contributed by atoms with Gasteiger partial charge in [-0.25, -0.2) is 0 Å². The molecule has 19 heavy (non-hydrogen) atoms. The second kappa shape index (κ2) is 3.82. The molecule has 1 aliphatic carbocycles. The minimum absolute atomic E-state index is 0.0838. The molecule has 4 rings (SSSR count). The number of nitrogens with one attached hydrogen (secondary N) is 1. The first-order valence-electron chi connectivity index (χ1n) is 6.49. The van der Waals surface area contributed by atoms with Gasteiger partial charge in [0.25, 0.3) is 5.56 Å². The van der Waals surface area contributed by atoms with Gasteiger partial charge in [0.05, 0.1) is 11.9 Å². The third-order valence-corrected chi connectivity index (χ3v) is 3.63. The molecule has 0 spiro atoms. The van der Waals surface area contributed by atoms with E-state index in [0.717, 1.165) is 22.5 Å². The molecule has 3 aromatic rings. The van der Waals surface area contributed by atoms with Crippen LogP contribution in [-0.2, 0) is 0 Å². The van der Waals surface area contributed by atoms with E-state index < -0.39 is 0 Å². The lowest BCUT2D eigenvalue weighted by atomic mass is 10.1. The molecule has 2 aromatic heterocycles. The molecule has 4 nitrogen and oxygen atoms in total. The highest BCUT2D eigenvalue weighted by molar-refractivity contribution is 5.63. The zero-order chi connectivity index (χ0) is 12.8. The van der Waals surface area contributed by atoms with E-state index in [0.29, 0.717) is 5.92 Å². The van der Waals surface area contributed by atoms with Crippen LogP contribution in [0.1, 0.15) is 24.3 Å². The van der Waals surface area contributed by atoms with Crippen LogP contribution in [0, 0.1) is 0 Å². The monoisotopic (exact) mass is 251 g/mol. The third-order valence-electron chi connectivity index (χ3n) is 3.63. The number of benzene rings is 1. The van der Waals surface area contributed by atoms with Crippen molar-refractivity contribution in [3.8, 4) is 11.3 Å². The normalized spacial score (nSPS) is 14.9. The summed E-state index contributed by atoms with van der Waals surface area (Å²) in [5, 5.41) is 4.19. The van der Waals surface area contributed by atoms with Gasteiger partial charge in [0.15, 0.2) is 0 Å². The summed E-state index contributed by atoms with van der Waals surface area (Å²) in [5.41, 5.74) is 3.79. The fraction of sp³-hybridized carbons (Fsp3) is 0.200. The van der Waals surface area contributed by atoms with Gasteiger partial charge in [0, 0.05) is 11.6 Å². The number of hydrogen-bond donors (Lipinski definition) is 1. The molecule has 0 saturated heterocycles. The molecule has 2 heterocycles. The van der Waals surface area contributed by atoms with Crippen LogP contribution in [0.3, 0.4) is 0 Å². The molecule has 94 valence electrons. The molecule has 1 N–H and O–H groups in total. The number of hydrogen-bond acceptors (Lipinski definition) is 2. The maximum atomic E-state index is 12.1. The van der Waals surface area contributed by atoms with E-state index in [2.05, 4.69) is 10.1 Å². The summed E-state index contributed by atoms with van der Waals surface area (Å²) in [6.45, 7) is 0. The summed E-state index contributed by atoms with van der Waals surface area (Å²) in [6.07, 6.45) is 4.21. The lowest BCUT2D eigenvalue weighted by molar-refractivity contribution is 0.901. The Balaban J connectivity index is 1.98. The Morgan fingerprint density at radius 3 is 2.74 bits per heavy atom. The maximum absolute atomic E-state index is 12.1. The second-order valence-electron chi connectivity index (χ2n) is 5.02. The van der Waals surface area contributed by atoms with Crippen molar-refractivity contribution >= 4 is 5.65 Å². The Morgan fingerprint density at radius 2 is 2.00 bits per heavy atom. The molecule has 0 unspecified atom stereocenters. The van der Waals surface area contributed by atoms with Crippen molar-refractivity contribution in [1.29, 1.82) is 0 Å². The summed E-state index contributed by atoms with van der Waals surface area (Å²) < 4.78 is 1.46. The topological polar surface area (TPSA) is 50.2 Å². The van der Waals surface area contributed by atoms with Crippen LogP contribution >= 0.6 is 0 Å². The van der Waals surface area contributed by atoms with Crippen molar-refractivity contribution < 1.29 is 0 Å². The van der Waals surface area contributed by atoms with Crippen LogP contribution in [0.4, 0.5) is 0 Å². The molecular formula is C15H13N3O. The number of fused-ring (bicyclic) bond motifs is 1. The van der Waals surface area contributed by atoms with Gasteiger partial charge < -0.3 is 4.98 Å². The zero-order valence-electron chi connectivity index (χ0n) is 10.3. The summed E-state index contributed by atoms with van der Waals surface area (Å²) in [7, 11) is 0. The van der Waals surface area contributed by atoms with Crippen LogP contribution in [0.5, 0.6) is 0 Å². The van der Waals surface area contributed by atoms with Gasteiger partial charge in [0.2, 0.25) is 0 Å². The first-order valence-corrected chi connectivity index (χ1v) is 6.49. The minimum Gasteiger partial charge on any atom is -0.339 e. The smallest absolute Gasteiger partial charge is 0.274 e. The predicted molar refractivity (Wildman–Crippen MR) is 73.2 cm³/mol. The Morgan fingerprint density at radius 1 is 1.21 bits per heavy atom. The molecule has 0 amide bonds. The minimum atomic E-state index is -0.0838. The van der Waals surface area contributed by atoms with Crippen LogP contribution in [-0.4, -0.2) is 14.6 Å². The molecule has 1 fully saturated rings. The van der Waals surface area contributed by atoms with Crippen LogP contribution < -0.4 is 5.56 Å². The number of nitrogens with zero attached hydrogens (tertiary/aromatic N) is 2. The molecule has 0 bridgehead atoms. The van der Waals surface area contributed by atoms with E-state index in [1.807, 2.05) is 36.5 Å². The third kappa shape index (κ3) is 1.68. The predicted octanol–water partition coefficient (Wildman–Crippen LogP) is 2.57. The highest BCUT2D eigenvalue weighted by Gasteiger charge is 2.27. The van der Waals surface area contributed by atoms with Crippen molar-refractivity contribution in [2.24, 2.45) is 0 Å². The van der Waals surface area contributed by atoms with Crippen LogP contribution in [0.2, 0.25) is 0 Å². The van der Waals surface area contributed by atoms with Crippen molar-refractivity contribution in [2.75, 3.05) is 0 Å². The van der Waals surface area contributed by atoms with Crippen LogP contribution in [0.25, 0.3) is 16.9 Å². The van der Waals surface area contributed by atoms with Crippen LogP contribution in [0.15, 0.2) is 47.4 Å². The van der Waals surface area contributed by atoms with Crippen molar-refractivity contribution in [1.82, 2.24) is 14.6 Å². The number of aromatic nitrogens is 3. The Labute approximate surface area is 109 Å². The average Bonchev–Trinajstić information content (AvgIpc) is 3.19. The van der Waals surface area contributed by atoms with Gasteiger partial charge in [-0.2, -0.15) is 9.61 Å². The summed E-state index contributed by atoms with van der Waals surface area (Å²) >= 11 is 0. The van der Waals surface area contributed by atoms with Gasteiger partial charge in [-0.05, 0) is 24.3 Å². The molecule has 1 aliphatic rings. The van der Waals surface area contributed by atoms with Crippen molar-refractivity contribution in [2.45, 2.75) is 18.8 Å². The maximum Gasteiger partial charge on any atom is 0.274 e. The molecule has 1 saturated carbocycles. The second-order valence-corrected chi connectivity index (χ2v) is 5.02. The molecule has 0 aliphatic heterocycles. The fourth-order valence-corrected chi connectivity index (χ4v) is 2.47. The molecule has 1 aromatic carbocycles. The van der Waals surface area contributed by atoms with E-state index in [9.17, 15) is 4.79 Å². The van der Waals surface area contributed by atoms with E-state index in [-0.39, 0.29) is 5.56 Å². The lowest BCUT2D eigenvalue weighted by Crippen LogP contribution is -2.14. The van der Waals surface area contributed by atoms with Gasteiger partial charge >= 0.3 is 0 Å². The van der Waals surface area contributed by atoms with Gasteiger partial charge in [-0.15, -0.1) is 0 Å². The molecule has 0 atom stereocenters. The summed E-state index contributed by atoms with van der Waals surface area (Å²) in [5.74, 6) is 0.569. The van der Waals surface area contributed by atoms with E-state index in [1.54, 1.807) is 6.07 Å². The molecule has 0 radical (unpaired) electrons.